The van der Waals surface area contributed by atoms with E-state index in [2.05, 4.69) is 15.4 Å². The first-order valence-electron chi connectivity index (χ1n) is 10.3. The number of benzene rings is 2. The van der Waals surface area contributed by atoms with Crippen LogP contribution in [-0.4, -0.2) is 29.1 Å². The molecule has 2 heterocycles. The number of carbonyl (C=O) groups is 2. The highest BCUT2D eigenvalue weighted by atomic mass is 32.1. The minimum atomic E-state index is -0.413. The van der Waals surface area contributed by atoms with E-state index in [-0.39, 0.29) is 18.9 Å². The number of nitrogens with one attached hydrogen (secondary N) is 1. The molecule has 1 aliphatic heterocycles. The first kappa shape index (κ1) is 21.7. The number of esters is 1. The van der Waals surface area contributed by atoms with Crippen LogP contribution in [0.3, 0.4) is 0 Å². The van der Waals surface area contributed by atoms with Crippen LogP contribution in [0.5, 0.6) is 0 Å². The van der Waals surface area contributed by atoms with Gasteiger partial charge >= 0.3 is 5.97 Å². The van der Waals surface area contributed by atoms with E-state index in [9.17, 15) is 9.59 Å². The van der Waals surface area contributed by atoms with Crippen molar-refractivity contribution >= 4 is 40.3 Å². The van der Waals surface area contributed by atoms with Crippen LogP contribution in [0.15, 0.2) is 59.0 Å². The van der Waals surface area contributed by atoms with Crippen LogP contribution >= 0.6 is 11.3 Å². The molecule has 0 radical (unpaired) electrons. The Morgan fingerprint density at radius 3 is 2.53 bits per heavy atom. The van der Waals surface area contributed by atoms with Crippen molar-refractivity contribution in [2.75, 3.05) is 16.9 Å². The SMILES string of the molecule is CC1=NN(c2ccc(C(=O)OCc3csc(CC(=O)Nc4ccc(C)cc4)n3)cc2)CC1. The predicted octanol–water partition coefficient (Wildman–Crippen LogP) is 4.58. The lowest BCUT2D eigenvalue weighted by molar-refractivity contribution is -0.115. The van der Waals surface area contributed by atoms with E-state index < -0.39 is 5.97 Å². The van der Waals surface area contributed by atoms with Crippen molar-refractivity contribution in [3.8, 4) is 0 Å². The topological polar surface area (TPSA) is 83.9 Å². The van der Waals surface area contributed by atoms with E-state index in [1.807, 2.05) is 55.3 Å². The summed E-state index contributed by atoms with van der Waals surface area (Å²) in [7, 11) is 0. The molecule has 32 heavy (non-hydrogen) atoms. The number of nitrogens with zero attached hydrogens (tertiary/aromatic N) is 3. The van der Waals surface area contributed by atoms with Gasteiger partial charge in [-0.3, -0.25) is 9.80 Å². The zero-order valence-corrected chi connectivity index (χ0v) is 18.8. The zero-order valence-electron chi connectivity index (χ0n) is 18.0. The summed E-state index contributed by atoms with van der Waals surface area (Å²) >= 11 is 1.37. The number of aryl methyl sites for hydroxylation is 1. The highest BCUT2D eigenvalue weighted by molar-refractivity contribution is 7.09. The van der Waals surface area contributed by atoms with Crippen molar-refractivity contribution < 1.29 is 14.3 Å². The van der Waals surface area contributed by atoms with E-state index in [1.165, 1.54) is 11.3 Å². The fourth-order valence-electron chi connectivity index (χ4n) is 3.23. The van der Waals surface area contributed by atoms with Crippen LogP contribution in [-0.2, 0) is 22.6 Å². The van der Waals surface area contributed by atoms with Gasteiger partial charge in [0.05, 0.1) is 23.4 Å². The number of anilines is 2. The Hall–Kier alpha value is -3.52. The molecule has 1 N–H and O–H groups in total. The average molecular weight is 449 g/mol. The Labute approximate surface area is 190 Å². The lowest BCUT2D eigenvalue weighted by atomic mass is 10.2. The molecule has 0 bridgehead atoms. The Morgan fingerprint density at radius 2 is 1.84 bits per heavy atom. The number of carbonyl (C=O) groups excluding carboxylic acids is 2. The van der Waals surface area contributed by atoms with Gasteiger partial charge in [0.2, 0.25) is 5.91 Å². The van der Waals surface area contributed by atoms with Gasteiger partial charge in [-0.25, -0.2) is 9.78 Å². The molecule has 164 valence electrons. The third kappa shape index (κ3) is 5.59. The monoisotopic (exact) mass is 448 g/mol. The van der Waals surface area contributed by atoms with Gasteiger partial charge in [0.1, 0.15) is 11.6 Å². The molecule has 1 amide bonds. The maximum Gasteiger partial charge on any atom is 0.338 e. The van der Waals surface area contributed by atoms with Crippen molar-refractivity contribution in [1.82, 2.24) is 4.98 Å². The van der Waals surface area contributed by atoms with Gasteiger partial charge in [0.15, 0.2) is 0 Å². The maximum atomic E-state index is 12.4. The quantitative estimate of drug-likeness (QED) is 0.535. The fraction of sp³-hybridized carbons (Fsp3) is 0.250. The van der Waals surface area contributed by atoms with Gasteiger partial charge in [0, 0.05) is 29.7 Å². The normalized spacial score (nSPS) is 13.1. The van der Waals surface area contributed by atoms with Crippen LogP contribution in [0, 0.1) is 6.92 Å². The fourth-order valence-corrected chi connectivity index (χ4v) is 4.01. The maximum absolute atomic E-state index is 12.4. The summed E-state index contributed by atoms with van der Waals surface area (Å²) in [5.74, 6) is -0.548. The molecule has 1 aliphatic rings. The first-order chi connectivity index (χ1) is 15.5. The molecule has 0 saturated heterocycles. The smallest absolute Gasteiger partial charge is 0.338 e. The highest BCUT2D eigenvalue weighted by Crippen LogP contribution is 2.20. The number of hydrogen-bond acceptors (Lipinski definition) is 7. The molecule has 8 heteroatoms. The van der Waals surface area contributed by atoms with Crippen molar-refractivity contribution in [3.63, 3.8) is 0 Å². The summed E-state index contributed by atoms with van der Waals surface area (Å²) in [5, 5.41) is 11.7. The van der Waals surface area contributed by atoms with Crippen LogP contribution < -0.4 is 10.3 Å². The van der Waals surface area contributed by atoms with Gasteiger partial charge in [-0.05, 0) is 50.2 Å². The molecule has 7 nitrogen and oxygen atoms in total. The number of hydrogen-bond donors (Lipinski definition) is 1. The molecule has 1 aromatic heterocycles. The molecule has 0 atom stereocenters. The summed E-state index contributed by atoms with van der Waals surface area (Å²) in [5.41, 5.74) is 5.04. The molecule has 2 aromatic carbocycles. The number of rotatable bonds is 7. The lowest BCUT2D eigenvalue weighted by Gasteiger charge is -2.13. The molecule has 0 saturated carbocycles. The zero-order chi connectivity index (χ0) is 22.5. The molecular formula is C24H24N4O3S. The van der Waals surface area contributed by atoms with Gasteiger partial charge in [0.25, 0.3) is 0 Å². The summed E-state index contributed by atoms with van der Waals surface area (Å²) in [6.45, 7) is 4.91. The second-order valence-electron chi connectivity index (χ2n) is 7.65. The van der Waals surface area contributed by atoms with E-state index in [0.717, 1.165) is 35.6 Å². The Balaban J connectivity index is 1.26. The molecular weight excluding hydrogens is 424 g/mol. The lowest BCUT2D eigenvalue weighted by Crippen LogP contribution is -2.14. The minimum Gasteiger partial charge on any atom is -0.456 e. The predicted molar refractivity (Wildman–Crippen MR) is 126 cm³/mol. The summed E-state index contributed by atoms with van der Waals surface area (Å²) in [4.78, 5) is 29.0. The van der Waals surface area contributed by atoms with Crippen LogP contribution in [0.1, 0.15) is 40.0 Å². The first-order valence-corrected chi connectivity index (χ1v) is 11.2. The molecule has 0 aliphatic carbocycles. The number of hydrazone groups is 1. The molecule has 4 rings (SSSR count). The molecule has 0 spiro atoms. The van der Waals surface area contributed by atoms with E-state index in [0.29, 0.717) is 16.3 Å². The van der Waals surface area contributed by atoms with Crippen molar-refractivity contribution in [2.45, 2.75) is 33.3 Å². The third-order valence-corrected chi connectivity index (χ3v) is 5.87. The van der Waals surface area contributed by atoms with Crippen LogP contribution in [0.4, 0.5) is 11.4 Å². The third-order valence-electron chi connectivity index (χ3n) is 4.98. The number of thiazole rings is 1. The van der Waals surface area contributed by atoms with Crippen molar-refractivity contribution in [2.24, 2.45) is 5.10 Å². The van der Waals surface area contributed by atoms with Gasteiger partial charge in [-0.15, -0.1) is 11.3 Å². The average Bonchev–Trinajstić information content (AvgIpc) is 3.42. The largest absolute Gasteiger partial charge is 0.456 e. The Kier molecular flexibility index (Phi) is 6.61. The van der Waals surface area contributed by atoms with E-state index in [1.54, 1.807) is 17.5 Å². The molecule has 0 unspecified atom stereocenters. The van der Waals surface area contributed by atoms with Gasteiger partial charge < -0.3 is 10.1 Å². The minimum absolute atomic E-state index is 0.0618. The van der Waals surface area contributed by atoms with Crippen LogP contribution in [0.2, 0.25) is 0 Å². The summed E-state index contributed by atoms with van der Waals surface area (Å²) in [6, 6.07) is 14.8. The number of amides is 1. The second-order valence-corrected chi connectivity index (χ2v) is 8.60. The molecule has 0 fully saturated rings. The number of ether oxygens (including phenoxy) is 1. The van der Waals surface area contributed by atoms with E-state index in [4.69, 9.17) is 4.74 Å². The summed E-state index contributed by atoms with van der Waals surface area (Å²) in [6.07, 6.45) is 1.12. The van der Waals surface area contributed by atoms with Crippen molar-refractivity contribution in [1.29, 1.82) is 0 Å². The van der Waals surface area contributed by atoms with E-state index >= 15 is 0 Å². The highest BCUT2D eigenvalue weighted by Gasteiger charge is 2.15. The Morgan fingerprint density at radius 1 is 1.09 bits per heavy atom. The molecule has 3 aromatic rings. The second kappa shape index (κ2) is 9.74. The van der Waals surface area contributed by atoms with Crippen LogP contribution in [0.25, 0.3) is 0 Å². The standard InChI is InChI=1S/C24H24N4O3S/c1-16-3-7-19(8-4-16)25-22(29)13-23-26-20(15-32-23)14-31-24(30)18-5-9-21(10-6-18)28-12-11-17(2)27-28/h3-10,15H,11-14H2,1-2H3,(H,25,29). The van der Waals surface area contributed by atoms with Gasteiger partial charge in [-0.1, -0.05) is 17.7 Å². The number of aromatic nitrogens is 1. The van der Waals surface area contributed by atoms with Crippen molar-refractivity contribution in [3.05, 3.63) is 75.7 Å². The van der Waals surface area contributed by atoms with Gasteiger partial charge in [-0.2, -0.15) is 5.10 Å². The summed E-state index contributed by atoms with van der Waals surface area (Å²) < 4.78 is 5.39. The Bertz CT molecular complexity index is 1140.